The summed E-state index contributed by atoms with van der Waals surface area (Å²) in [5, 5.41) is 0. The van der Waals surface area contributed by atoms with Crippen molar-refractivity contribution in [2.24, 2.45) is 17.8 Å². The Morgan fingerprint density at radius 3 is 1.70 bits per heavy atom. The second kappa shape index (κ2) is 18.1. The number of carbonyl (C=O) groups excluding carboxylic acids is 2. The minimum atomic E-state index is -1.16. The molecule has 3 rings (SSSR count). The first-order valence-electron chi connectivity index (χ1n) is 17.1. The van der Waals surface area contributed by atoms with Crippen LogP contribution in [-0.4, -0.2) is 42.9 Å². The van der Waals surface area contributed by atoms with Crippen LogP contribution in [-0.2, 0) is 19.1 Å². The van der Waals surface area contributed by atoms with Gasteiger partial charge in [0.1, 0.15) is 0 Å². The van der Waals surface area contributed by atoms with E-state index in [1.807, 2.05) is 0 Å². The smallest absolute Gasteiger partial charge is 0.333 e. The van der Waals surface area contributed by atoms with Crippen LogP contribution in [0, 0.1) is 17.8 Å². The minimum absolute atomic E-state index is 0.322. The van der Waals surface area contributed by atoms with E-state index in [2.05, 4.69) is 50.6 Å². The van der Waals surface area contributed by atoms with Gasteiger partial charge < -0.3 is 9.47 Å². The van der Waals surface area contributed by atoms with Crippen LogP contribution in [0.25, 0.3) is 0 Å². The molecule has 0 saturated heterocycles. The molecule has 0 atom stereocenters. The summed E-state index contributed by atoms with van der Waals surface area (Å²) < 4.78 is 10.8. The highest BCUT2D eigenvalue weighted by atomic mass is 32.3. The van der Waals surface area contributed by atoms with Crippen molar-refractivity contribution in [3.8, 4) is 0 Å². The van der Waals surface area contributed by atoms with Crippen molar-refractivity contribution in [3.05, 3.63) is 54.1 Å². The van der Waals surface area contributed by atoms with Crippen LogP contribution in [0.2, 0.25) is 0 Å². The highest BCUT2D eigenvalue weighted by Crippen LogP contribution is 2.54. The minimum Gasteiger partial charge on any atom is -0.462 e. The number of carbonyl (C=O) groups is 2. The third kappa shape index (κ3) is 11.5. The zero-order chi connectivity index (χ0) is 31.2. The molecule has 0 aromatic heterocycles. The second-order valence-corrected chi connectivity index (χ2v) is 17.5. The number of benzene rings is 1. The number of ether oxygens (including phenoxy) is 2. The molecule has 5 heteroatoms. The van der Waals surface area contributed by atoms with Crippen molar-refractivity contribution in [1.29, 1.82) is 0 Å². The number of hydrogen-bond acceptors (Lipinski definition) is 4. The van der Waals surface area contributed by atoms with Crippen LogP contribution < -0.4 is 0 Å². The van der Waals surface area contributed by atoms with Crippen molar-refractivity contribution in [1.82, 2.24) is 0 Å². The fourth-order valence-electron chi connectivity index (χ4n) is 7.29. The highest BCUT2D eigenvalue weighted by Gasteiger charge is 2.31. The Morgan fingerprint density at radius 1 is 0.744 bits per heavy atom. The Morgan fingerprint density at radius 2 is 1.23 bits per heavy atom. The van der Waals surface area contributed by atoms with Crippen LogP contribution in [0.15, 0.2) is 53.5 Å². The van der Waals surface area contributed by atoms with E-state index >= 15 is 0 Å². The summed E-state index contributed by atoms with van der Waals surface area (Å²) in [5.74, 6) is 4.89. The van der Waals surface area contributed by atoms with Crippen molar-refractivity contribution in [2.45, 2.75) is 121 Å². The van der Waals surface area contributed by atoms with Crippen LogP contribution in [0.3, 0.4) is 0 Å². The molecule has 2 aliphatic carbocycles. The first-order valence-corrected chi connectivity index (χ1v) is 19.5. The van der Waals surface area contributed by atoms with Gasteiger partial charge in [0, 0.05) is 11.1 Å². The molecule has 2 aliphatic rings. The summed E-state index contributed by atoms with van der Waals surface area (Å²) in [6.07, 6.45) is 21.0. The average Bonchev–Trinajstić information content (AvgIpc) is 3.01. The first-order chi connectivity index (χ1) is 20.6. The molecule has 2 saturated carbocycles. The monoisotopic (exact) mass is 612 g/mol. The lowest BCUT2D eigenvalue weighted by Crippen LogP contribution is -2.25. The topological polar surface area (TPSA) is 52.6 Å². The van der Waals surface area contributed by atoms with Gasteiger partial charge in [-0.25, -0.2) is 19.6 Å². The Labute approximate surface area is 264 Å². The lowest BCUT2D eigenvalue weighted by molar-refractivity contribution is -0.139. The van der Waals surface area contributed by atoms with Crippen molar-refractivity contribution in [2.75, 3.05) is 31.0 Å². The van der Waals surface area contributed by atoms with E-state index in [1.54, 1.807) is 13.8 Å². The van der Waals surface area contributed by atoms with Gasteiger partial charge in [-0.2, -0.15) is 0 Å². The van der Waals surface area contributed by atoms with Crippen molar-refractivity contribution < 1.29 is 19.1 Å². The molecule has 0 heterocycles. The molecule has 2 fully saturated rings. The Kier molecular flexibility index (Phi) is 14.9. The van der Waals surface area contributed by atoms with E-state index < -0.39 is 10.0 Å². The standard InChI is InChI=1S/C38H60O4S/c1-7-8-9-12-31-13-15-32(16-14-31)33-17-19-34(20-18-33)35-21-23-36(24-22-35)43(6,27-10-25-41-37(39)29(2)3)28-11-26-42-38(40)30(4)5/h21-24,31-34H,2,4,7-20,25-28H2,1,3,5-6H3. The molecule has 43 heavy (non-hydrogen) atoms. The second-order valence-electron chi connectivity index (χ2n) is 13.7. The molecule has 0 radical (unpaired) electrons. The summed E-state index contributed by atoms with van der Waals surface area (Å²) in [6, 6.07) is 9.48. The van der Waals surface area contributed by atoms with E-state index in [0.29, 0.717) is 30.3 Å². The van der Waals surface area contributed by atoms with Crippen LogP contribution >= 0.6 is 10.0 Å². The van der Waals surface area contributed by atoms with E-state index in [0.717, 1.165) is 42.1 Å². The Balaban J connectivity index is 1.53. The van der Waals surface area contributed by atoms with Gasteiger partial charge in [0.2, 0.25) is 0 Å². The van der Waals surface area contributed by atoms with Crippen LogP contribution in [0.1, 0.15) is 122 Å². The highest BCUT2D eigenvalue weighted by molar-refractivity contribution is 8.33. The van der Waals surface area contributed by atoms with E-state index in [1.165, 1.54) is 87.5 Å². The Bertz CT molecular complexity index is 995. The summed E-state index contributed by atoms with van der Waals surface area (Å²) >= 11 is 0. The summed E-state index contributed by atoms with van der Waals surface area (Å²) in [7, 11) is -1.16. The zero-order valence-electron chi connectivity index (χ0n) is 27.8. The summed E-state index contributed by atoms with van der Waals surface area (Å²) in [4.78, 5) is 25.1. The first kappa shape index (κ1) is 35.5. The molecule has 0 spiro atoms. The fraction of sp³-hybridized carbons (Fsp3) is 0.684. The number of hydrogen-bond donors (Lipinski definition) is 0. The van der Waals surface area contributed by atoms with Crippen LogP contribution in [0.5, 0.6) is 0 Å². The van der Waals surface area contributed by atoms with Gasteiger partial charge in [-0.15, -0.1) is 0 Å². The van der Waals surface area contributed by atoms with E-state index in [9.17, 15) is 9.59 Å². The predicted octanol–water partition coefficient (Wildman–Crippen LogP) is 10.2. The molecule has 0 aliphatic heterocycles. The van der Waals surface area contributed by atoms with Gasteiger partial charge in [0.15, 0.2) is 0 Å². The van der Waals surface area contributed by atoms with E-state index in [4.69, 9.17) is 9.47 Å². The molecule has 0 bridgehead atoms. The molecular formula is C38H60O4S. The largest absolute Gasteiger partial charge is 0.462 e. The zero-order valence-corrected chi connectivity index (χ0v) is 28.6. The average molecular weight is 613 g/mol. The van der Waals surface area contributed by atoms with E-state index in [-0.39, 0.29) is 11.9 Å². The molecular weight excluding hydrogens is 552 g/mol. The quantitative estimate of drug-likeness (QED) is 0.0998. The predicted molar refractivity (Wildman–Crippen MR) is 183 cm³/mol. The van der Waals surface area contributed by atoms with Gasteiger partial charge in [0.05, 0.1) is 13.2 Å². The molecule has 0 unspecified atom stereocenters. The number of rotatable bonds is 17. The van der Waals surface area contributed by atoms with Gasteiger partial charge in [-0.1, -0.05) is 70.7 Å². The fourth-order valence-corrected chi connectivity index (χ4v) is 10.3. The lowest BCUT2D eigenvalue weighted by Gasteiger charge is -2.39. The number of esters is 2. The Hall–Kier alpha value is -2.01. The molecule has 4 nitrogen and oxygen atoms in total. The lowest BCUT2D eigenvalue weighted by atomic mass is 9.68. The van der Waals surface area contributed by atoms with Gasteiger partial charge >= 0.3 is 11.9 Å². The third-order valence-electron chi connectivity index (χ3n) is 10.1. The van der Waals surface area contributed by atoms with Gasteiger partial charge in [0.25, 0.3) is 0 Å². The maximum atomic E-state index is 11.9. The van der Waals surface area contributed by atoms with Crippen molar-refractivity contribution in [3.63, 3.8) is 0 Å². The molecule has 1 aromatic carbocycles. The molecule has 0 amide bonds. The van der Waals surface area contributed by atoms with Gasteiger partial charge in [-0.05, 0) is 129 Å². The van der Waals surface area contributed by atoms with Crippen molar-refractivity contribution >= 4 is 22.0 Å². The van der Waals surface area contributed by atoms with Crippen LogP contribution in [0.4, 0.5) is 0 Å². The summed E-state index contributed by atoms with van der Waals surface area (Å²) in [5.41, 5.74) is 2.36. The molecule has 242 valence electrons. The summed E-state index contributed by atoms with van der Waals surface area (Å²) in [6.45, 7) is 13.8. The number of unbranched alkanes of at least 4 members (excludes halogenated alkanes) is 2. The molecule has 1 aromatic rings. The maximum absolute atomic E-state index is 11.9. The van der Waals surface area contributed by atoms with Gasteiger partial charge in [-0.3, -0.25) is 0 Å². The normalized spacial score (nSPS) is 22.9. The third-order valence-corrected chi connectivity index (χ3v) is 13.9. The maximum Gasteiger partial charge on any atom is 0.333 e. The molecule has 0 N–H and O–H groups in total. The SMILES string of the molecule is C=C(C)C(=O)OCCCS(C)(CCCOC(=O)C(=C)C)c1ccc(C2CCC(C3CCC(CCCCC)CC3)CC2)cc1.